The van der Waals surface area contributed by atoms with Crippen LogP contribution in [0.4, 0.5) is 0 Å². The summed E-state index contributed by atoms with van der Waals surface area (Å²) in [7, 11) is 0. The van der Waals surface area contributed by atoms with E-state index in [0.29, 0.717) is 18.6 Å². The highest BCUT2D eigenvalue weighted by Gasteiger charge is 2.34. The maximum absolute atomic E-state index is 11.6. The number of allylic oxidation sites excluding steroid dienone is 2. The van der Waals surface area contributed by atoms with Gasteiger partial charge in [0.2, 0.25) is 5.91 Å². The van der Waals surface area contributed by atoms with Gasteiger partial charge in [-0.1, -0.05) is 19.1 Å². The first kappa shape index (κ1) is 12.0. The highest BCUT2D eigenvalue weighted by Crippen LogP contribution is 2.33. The summed E-state index contributed by atoms with van der Waals surface area (Å²) in [6, 6.07) is 0. The van der Waals surface area contributed by atoms with Gasteiger partial charge < -0.3 is 5.73 Å². The molecule has 1 fully saturated rings. The van der Waals surface area contributed by atoms with Gasteiger partial charge in [-0.2, -0.15) is 0 Å². The van der Waals surface area contributed by atoms with E-state index in [9.17, 15) is 9.59 Å². The minimum Gasteiger partial charge on any atom is -0.370 e. The van der Waals surface area contributed by atoms with Gasteiger partial charge in [0.15, 0.2) is 0 Å². The Balaban J connectivity index is 2.52. The number of hydrogen-bond donors (Lipinski definition) is 1. The van der Waals surface area contributed by atoms with Gasteiger partial charge in [-0.3, -0.25) is 9.59 Å². The van der Waals surface area contributed by atoms with Crippen LogP contribution in [0, 0.1) is 11.8 Å². The van der Waals surface area contributed by atoms with Crippen LogP contribution in [0.3, 0.4) is 0 Å². The second-order valence-corrected chi connectivity index (χ2v) is 4.16. The van der Waals surface area contributed by atoms with E-state index in [1.54, 1.807) is 0 Å². The van der Waals surface area contributed by atoms with Crippen LogP contribution in [-0.2, 0) is 9.59 Å². The summed E-state index contributed by atoms with van der Waals surface area (Å²) in [5.41, 5.74) is 5.17. The van der Waals surface area contributed by atoms with Crippen molar-refractivity contribution in [1.82, 2.24) is 0 Å². The molecule has 3 nitrogen and oxygen atoms in total. The van der Waals surface area contributed by atoms with Crippen LogP contribution in [0.2, 0.25) is 0 Å². The highest BCUT2D eigenvalue weighted by atomic mass is 16.1. The largest absolute Gasteiger partial charge is 0.370 e. The average Bonchev–Trinajstić information content (AvgIpc) is 2.49. The fourth-order valence-corrected chi connectivity index (χ4v) is 2.21. The van der Waals surface area contributed by atoms with Gasteiger partial charge in [0.05, 0.1) is 0 Å². The summed E-state index contributed by atoms with van der Waals surface area (Å²) in [6.45, 7) is 2.06. The molecule has 3 heteroatoms. The van der Waals surface area contributed by atoms with E-state index in [-0.39, 0.29) is 17.7 Å². The van der Waals surface area contributed by atoms with Crippen LogP contribution in [0.25, 0.3) is 0 Å². The average molecular weight is 209 g/mol. The topological polar surface area (TPSA) is 60.2 Å². The molecule has 2 N–H and O–H groups in total. The van der Waals surface area contributed by atoms with Crippen molar-refractivity contribution in [1.29, 1.82) is 0 Å². The molecule has 1 saturated carbocycles. The lowest BCUT2D eigenvalue weighted by molar-refractivity contribution is -0.122. The van der Waals surface area contributed by atoms with Crippen LogP contribution in [-0.4, -0.2) is 11.7 Å². The van der Waals surface area contributed by atoms with Crippen molar-refractivity contribution in [2.24, 2.45) is 17.6 Å². The Morgan fingerprint density at radius 2 is 2.27 bits per heavy atom. The molecule has 84 valence electrons. The molecule has 2 atom stereocenters. The van der Waals surface area contributed by atoms with Gasteiger partial charge in [-0.05, 0) is 25.2 Å². The molecular weight excluding hydrogens is 190 g/mol. The molecule has 0 saturated heterocycles. The summed E-state index contributed by atoms with van der Waals surface area (Å²) in [6.07, 6.45) is 7.66. The maximum Gasteiger partial charge on any atom is 0.217 e. The highest BCUT2D eigenvalue weighted by molar-refractivity contribution is 5.85. The second kappa shape index (κ2) is 5.69. The molecule has 2 unspecified atom stereocenters. The quantitative estimate of drug-likeness (QED) is 0.702. The van der Waals surface area contributed by atoms with Gasteiger partial charge in [0, 0.05) is 18.8 Å². The molecule has 0 aromatic carbocycles. The Bertz CT molecular complexity index is 271. The lowest BCUT2D eigenvalue weighted by Gasteiger charge is -2.14. The van der Waals surface area contributed by atoms with Crippen LogP contribution < -0.4 is 5.73 Å². The molecule has 0 radical (unpaired) electrons. The Kier molecular flexibility index (Phi) is 4.53. The molecule has 0 spiro atoms. The number of nitrogens with two attached hydrogens (primary N) is 1. The zero-order valence-electron chi connectivity index (χ0n) is 9.24. The van der Waals surface area contributed by atoms with Crippen LogP contribution in [0.1, 0.15) is 39.0 Å². The number of amides is 1. The molecule has 1 aliphatic carbocycles. The van der Waals surface area contributed by atoms with Gasteiger partial charge >= 0.3 is 0 Å². The molecule has 1 rings (SSSR count). The number of carbonyl (C=O) groups excluding carboxylic acids is 2. The molecule has 1 aliphatic rings. The molecule has 15 heavy (non-hydrogen) atoms. The SMILES string of the molecule is CC/C=C\CC1C(=O)CCC1CC(N)=O. The standard InChI is InChI=1S/C12H19NO2/c1-2-3-4-5-10-9(8-12(13)15)6-7-11(10)14/h3-4,9-10H,2,5-8H2,1H3,(H2,13,15)/b4-3-. The zero-order chi connectivity index (χ0) is 11.3. The molecule has 0 aromatic rings. The Morgan fingerprint density at radius 1 is 1.53 bits per heavy atom. The summed E-state index contributed by atoms with van der Waals surface area (Å²) < 4.78 is 0. The molecule has 1 amide bonds. The van der Waals surface area contributed by atoms with Crippen molar-refractivity contribution in [3.63, 3.8) is 0 Å². The predicted molar refractivity (Wildman–Crippen MR) is 59.1 cm³/mol. The smallest absolute Gasteiger partial charge is 0.217 e. The summed E-state index contributed by atoms with van der Waals surface area (Å²) >= 11 is 0. The van der Waals surface area contributed by atoms with Crippen molar-refractivity contribution in [2.45, 2.75) is 39.0 Å². The third-order valence-corrected chi connectivity index (χ3v) is 3.00. The van der Waals surface area contributed by atoms with E-state index in [2.05, 4.69) is 13.0 Å². The number of primary amides is 1. The number of ketones is 1. The van der Waals surface area contributed by atoms with Gasteiger partial charge in [-0.15, -0.1) is 0 Å². The van der Waals surface area contributed by atoms with E-state index in [4.69, 9.17) is 5.73 Å². The monoisotopic (exact) mass is 209 g/mol. The third-order valence-electron chi connectivity index (χ3n) is 3.00. The summed E-state index contributed by atoms with van der Waals surface area (Å²) in [5.74, 6) is 0.206. The number of carbonyl (C=O) groups is 2. The Morgan fingerprint density at radius 3 is 2.87 bits per heavy atom. The lowest BCUT2D eigenvalue weighted by Crippen LogP contribution is -2.21. The molecule has 0 bridgehead atoms. The number of hydrogen-bond acceptors (Lipinski definition) is 2. The van der Waals surface area contributed by atoms with Gasteiger partial charge in [0.1, 0.15) is 5.78 Å². The predicted octanol–water partition coefficient (Wildman–Crippen LogP) is 1.81. The zero-order valence-corrected chi connectivity index (χ0v) is 9.24. The van der Waals surface area contributed by atoms with E-state index in [1.807, 2.05) is 6.08 Å². The Labute approximate surface area is 90.7 Å². The van der Waals surface area contributed by atoms with Crippen LogP contribution in [0.5, 0.6) is 0 Å². The fraction of sp³-hybridized carbons (Fsp3) is 0.667. The van der Waals surface area contributed by atoms with Crippen molar-refractivity contribution in [3.8, 4) is 0 Å². The Hall–Kier alpha value is -1.12. The lowest BCUT2D eigenvalue weighted by atomic mass is 9.89. The minimum absolute atomic E-state index is 0.0281. The normalized spacial score (nSPS) is 26.3. The van der Waals surface area contributed by atoms with E-state index < -0.39 is 0 Å². The first-order chi connectivity index (χ1) is 7.15. The molecule has 0 aliphatic heterocycles. The van der Waals surface area contributed by atoms with Crippen molar-refractivity contribution in [3.05, 3.63) is 12.2 Å². The first-order valence-electron chi connectivity index (χ1n) is 5.61. The minimum atomic E-state index is -0.292. The van der Waals surface area contributed by atoms with Crippen molar-refractivity contribution < 1.29 is 9.59 Å². The van der Waals surface area contributed by atoms with Gasteiger partial charge in [-0.25, -0.2) is 0 Å². The van der Waals surface area contributed by atoms with E-state index >= 15 is 0 Å². The fourth-order valence-electron chi connectivity index (χ4n) is 2.21. The van der Waals surface area contributed by atoms with Crippen LogP contribution in [0.15, 0.2) is 12.2 Å². The number of Topliss-reactive ketones (excluding diaryl/α,β-unsaturated/α-hetero) is 1. The third kappa shape index (κ3) is 3.50. The summed E-state index contributed by atoms with van der Waals surface area (Å²) in [5, 5.41) is 0. The molecular formula is C12H19NO2. The van der Waals surface area contributed by atoms with Crippen molar-refractivity contribution >= 4 is 11.7 Å². The number of rotatable bonds is 5. The van der Waals surface area contributed by atoms with E-state index in [0.717, 1.165) is 19.3 Å². The summed E-state index contributed by atoms with van der Waals surface area (Å²) in [4.78, 5) is 22.4. The molecule has 0 heterocycles. The van der Waals surface area contributed by atoms with Gasteiger partial charge in [0.25, 0.3) is 0 Å². The van der Waals surface area contributed by atoms with Crippen molar-refractivity contribution in [2.75, 3.05) is 0 Å². The maximum atomic E-state index is 11.6. The first-order valence-corrected chi connectivity index (χ1v) is 5.61. The van der Waals surface area contributed by atoms with Crippen LogP contribution >= 0.6 is 0 Å². The van der Waals surface area contributed by atoms with E-state index in [1.165, 1.54) is 0 Å². The molecule has 0 aromatic heterocycles. The second-order valence-electron chi connectivity index (χ2n) is 4.16.